The standard InChI is InChI=1S/C12H15F3N2O3S/c1-8(11(18)17(2)3)16-9-6-4-5-7-10(9)21(19,20)12(13,14)15/h4-8,16H,1-3H3. The van der Waals surface area contributed by atoms with Crippen molar-refractivity contribution >= 4 is 21.4 Å². The highest BCUT2D eigenvalue weighted by Crippen LogP contribution is 2.34. The molecule has 0 aliphatic heterocycles. The van der Waals surface area contributed by atoms with Gasteiger partial charge in [-0.3, -0.25) is 4.79 Å². The van der Waals surface area contributed by atoms with Crippen LogP contribution in [0.1, 0.15) is 6.92 Å². The van der Waals surface area contributed by atoms with Crippen LogP contribution in [-0.4, -0.2) is 44.9 Å². The fourth-order valence-electron chi connectivity index (χ4n) is 1.63. The van der Waals surface area contributed by atoms with Crippen molar-refractivity contribution in [3.05, 3.63) is 24.3 Å². The van der Waals surface area contributed by atoms with Crippen molar-refractivity contribution in [2.24, 2.45) is 0 Å². The van der Waals surface area contributed by atoms with Crippen LogP contribution < -0.4 is 5.32 Å². The largest absolute Gasteiger partial charge is 0.501 e. The van der Waals surface area contributed by atoms with Gasteiger partial charge in [0, 0.05) is 14.1 Å². The molecular weight excluding hydrogens is 309 g/mol. The number of halogens is 3. The average molecular weight is 324 g/mol. The summed E-state index contributed by atoms with van der Waals surface area (Å²) in [6.45, 7) is 1.43. The molecule has 0 bridgehead atoms. The number of hydrogen-bond donors (Lipinski definition) is 1. The second kappa shape index (κ2) is 5.92. The summed E-state index contributed by atoms with van der Waals surface area (Å²) >= 11 is 0. The van der Waals surface area contributed by atoms with Crippen molar-refractivity contribution in [1.82, 2.24) is 4.90 Å². The lowest BCUT2D eigenvalue weighted by Crippen LogP contribution is -2.37. The summed E-state index contributed by atoms with van der Waals surface area (Å²) in [5.74, 6) is -0.394. The second-order valence-corrected chi connectivity index (χ2v) is 6.45. The molecule has 0 aromatic heterocycles. The minimum atomic E-state index is -5.49. The van der Waals surface area contributed by atoms with Crippen LogP contribution >= 0.6 is 0 Å². The number of carbonyl (C=O) groups excluding carboxylic acids is 1. The minimum Gasteiger partial charge on any atom is -0.373 e. The van der Waals surface area contributed by atoms with E-state index in [0.717, 1.165) is 6.07 Å². The van der Waals surface area contributed by atoms with Crippen LogP contribution in [0.2, 0.25) is 0 Å². The van der Waals surface area contributed by atoms with Crippen molar-refractivity contribution in [3.63, 3.8) is 0 Å². The molecule has 0 heterocycles. The van der Waals surface area contributed by atoms with Gasteiger partial charge in [-0.25, -0.2) is 8.42 Å². The van der Waals surface area contributed by atoms with Gasteiger partial charge in [0.05, 0.1) is 10.6 Å². The normalized spacial score (nSPS) is 13.6. The van der Waals surface area contributed by atoms with Gasteiger partial charge in [-0.2, -0.15) is 13.2 Å². The van der Waals surface area contributed by atoms with Crippen LogP contribution in [0.5, 0.6) is 0 Å². The van der Waals surface area contributed by atoms with Crippen molar-refractivity contribution in [1.29, 1.82) is 0 Å². The quantitative estimate of drug-likeness (QED) is 0.918. The number of anilines is 1. The van der Waals surface area contributed by atoms with Gasteiger partial charge < -0.3 is 10.2 Å². The zero-order valence-corrected chi connectivity index (χ0v) is 12.4. The Hall–Kier alpha value is -1.77. The number of amides is 1. The predicted octanol–water partition coefficient (Wildman–Crippen LogP) is 1.87. The highest BCUT2D eigenvalue weighted by molar-refractivity contribution is 7.92. The molecule has 118 valence electrons. The lowest BCUT2D eigenvalue weighted by molar-refractivity contribution is -0.129. The summed E-state index contributed by atoms with van der Waals surface area (Å²) in [5.41, 5.74) is -5.67. The van der Waals surface area contributed by atoms with E-state index >= 15 is 0 Å². The van der Waals surface area contributed by atoms with Gasteiger partial charge in [0.2, 0.25) is 5.91 Å². The first-order valence-electron chi connectivity index (χ1n) is 5.86. The molecule has 21 heavy (non-hydrogen) atoms. The van der Waals surface area contributed by atoms with Gasteiger partial charge in [-0.1, -0.05) is 12.1 Å². The van der Waals surface area contributed by atoms with Gasteiger partial charge in [0.15, 0.2) is 0 Å². The van der Waals surface area contributed by atoms with Gasteiger partial charge in [-0.15, -0.1) is 0 Å². The van der Waals surface area contributed by atoms with Crippen LogP contribution in [0.15, 0.2) is 29.2 Å². The third-order valence-corrected chi connectivity index (χ3v) is 4.21. The fraction of sp³-hybridized carbons (Fsp3) is 0.417. The first-order valence-corrected chi connectivity index (χ1v) is 7.35. The summed E-state index contributed by atoms with van der Waals surface area (Å²) in [7, 11) is -2.52. The van der Waals surface area contributed by atoms with E-state index in [9.17, 15) is 26.4 Å². The first-order chi connectivity index (χ1) is 9.48. The molecule has 1 amide bonds. The zero-order valence-electron chi connectivity index (χ0n) is 11.6. The van der Waals surface area contributed by atoms with Crippen molar-refractivity contribution in [2.45, 2.75) is 23.4 Å². The molecule has 1 aromatic carbocycles. The highest BCUT2D eigenvalue weighted by atomic mass is 32.2. The number of alkyl halides is 3. The molecule has 5 nitrogen and oxygen atoms in total. The number of nitrogens with one attached hydrogen (secondary N) is 1. The molecule has 0 saturated heterocycles. The van der Waals surface area contributed by atoms with Gasteiger partial charge in [0.1, 0.15) is 6.04 Å². The van der Waals surface area contributed by atoms with E-state index in [1.807, 2.05) is 0 Å². The van der Waals surface area contributed by atoms with Crippen molar-refractivity contribution in [2.75, 3.05) is 19.4 Å². The molecule has 0 aliphatic carbocycles. The Morgan fingerprint density at radius 3 is 2.24 bits per heavy atom. The fourth-order valence-corrected chi connectivity index (χ4v) is 2.55. The molecule has 1 atom stereocenters. The van der Waals surface area contributed by atoms with Crippen LogP contribution in [0.4, 0.5) is 18.9 Å². The molecular formula is C12H15F3N2O3S. The lowest BCUT2D eigenvalue weighted by Gasteiger charge is -2.21. The van der Waals surface area contributed by atoms with Crippen LogP contribution in [0, 0.1) is 0 Å². The van der Waals surface area contributed by atoms with Crippen LogP contribution in [-0.2, 0) is 14.6 Å². The predicted molar refractivity (Wildman–Crippen MR) is 71.5 cm³/mol. The maximum atomic E-state index is 12.6. The molecule has 1 aromatic rings. The molecule has 1 N–H and O–H groups in total. The molecule has 0 saturated carbocycles. The van der Waals surface area contributed by atoms with E-state index in [4.69, 9.17) is 0 Å². The van der Waals surface area contributed by atoms with Crippen LogP contribution in [0.3, 0.4) is 0 Å². The average Bonchev–Trinajstić information content (AvgIpc) is 2.36. The van der Waals surface area contributed by atoms with E-state index < -0.39 is 32.2 Å². The third kappa shape index (κ3) is 3.66. The summed E-state index contributed by atoms with van der Waals surface area (Å²) in [5, 5.41) is 2.50. The summed E-state index contributed by atoms with van der Waals surface area (Å²) in [6, 6.07) is 3.72. The SMILES string of the molecule is CC(Nc1ccccc1S(=O)(=O)C(F)(F)F)C(=O)N(C)C. The number of carbonyl (C=O) groups is 1. The maximum absolute atomic E-state index is 12.6. The third-order valence-electron chi connectivity index (χ3n) is 2.66. The number of likely N-dealkylation sites (N-methyl/N-ethyl adjacent to an activating group) is 1. The molecule has 0 aliphatic rings. The number of para-hydroxylation sites is 1. The van der Waals surface area contributed by atoms with Gasteiger partial charge in [0.25, 0.3) is 9.84 Å². The summed E-state index contributed by atoms with van der Waals surface area (Å²) < 4.78 is 60.9. The Bertz CT molecular complexity index is 627. The molecule has 1 rings (SSSR count). The molecule has 0 radical (unpaired) electrons. The molecule has 0 fully saturated rings. The van der Waals surface area contributed by atoms with Gasteiger partial charge in [-0.05, 0) is 19.1 Å². The number of nitrogens with zero attached hydrogens (tertiary/aromatic N) is 1. The van der Waals surface area contributed by atoms with E-state index in [1.165, 1.54) is 44.1 Å². The molecule has 1 unspecified atom stereocenters. The Morgan fingerprint density at radius 1 is 1.24 bits per heavy atom. The number of sulfone groups is 1. The maximum Gasteiger partial charge on any atom is 0.501 e. The van der Waals surface area contributed by atoms with E-state index in [-0.39, 0.29) is 5.69 Å². The Labute approximate surface area is 120 Å². The Morgan fingerprint density at radius 2 is 1.76 bits per heavy atom. The molecule has 9 heteroatoms. The number of benzene rings is 1. The summed E-state index contributed by atoms with van der Waals surface area (Å²) in [4.78, 5) is 12.0. The van der Waals surface area contributed by atoms with Gasteiger partial charge >= 0.3 is 5.51 Å². The number of rotatable bonds is 4. The Kier molecular flexibility index (Phi) is 4.87. The van der Waals surface area contributed by atoms with E-state index in [1.54, 1.807) is 0 Å². The van der Waals surface area contributed by atoms with Crippen molar-refractivity contribution < 1.29 is 26.4 Å². The molecule has 0 spiro atoms. The lowest BCUT2D eigenvalue weighted by atomic mass is 10.2. The first kappa shape index (κ1) is 17.3. The topological polar surface area (TPSA) is 66.5 Å². The summed E-state index contributed by atoms with van der Waals surface area (Å²) in [6.07, 6.45) is 0. The highest BCUT2D eigenvalue weighted by Gasteiger charge is 2.48. The van der Waals surface area contributed by atoms with Crippen LogP contribution in [0.25, 0.3) is 0 Å². The monoisotopic (exact) mass is 324 g/mol. The smallest absolute Gasteiger partial charge is 0.373 e. The van der Waals surface area contributed by atoms with E-state index in [0.29, 0.717) is 0 Å². The second-order valence-electron chi connectivity index (χ2n) is 4.54. The van der Waals surface area contributed by atoms with Crippen molar-refractivity contribution in [3.8, 4) is 0 Å². The number of hydrogen-bond acceptors (Lipinski definition) is 4. The minimum absolute atomic E-state index is 0.266. The van der Waals surface area contributed by atoms with E-state index in [2.05, 4.69) is 5.32 Å². The Balaban J connectivity index is 3.21. The zero-order chi connectivity index (χ0) is 16.4.